The molecule has 0 bridgehead atoms. The number of nitrogens with one attached hydrogen (secondary N) is 3. The Bertz CT molecular complexity index is 1180. The zero-order valence-electron chi connectivity index (χ0n) is 19.1. The van der Waals surface area contributed by atoms with Crippen LogP contribution in [0.1, 0.15) is 39.1 Å². The molecular weight excluding hydrogens is 428 g/mol. The maximum atomic E-state index is 12.6. The summed E-state index contributed by atoms with van der Waals surface area (Å²) in [4.78, 5) is 39.2. The predicted octanol–water partition coefficient (Wildman–Crippen LogP) is 4.53. The molecule has 34 heavy (non-hydrogen) atoms. The Balaban J connectivity index is 1.27. The highest BCUT2D eigenvalue weighted by Gasteiger charge is 2.19. The highest BCUT2D eigenvalue weighted by molar-refractivity contribution is 6.04. The van der Waals surface area contributed by atoms with Gasteiger partial charge in [-0.15, -0.1) is 0 Å². The van der Waals surface area contributed by atoms with E-state index in [4.69, 9.17) is 0 Å². The second-order valence-electron chi connectivity index (χ2n) is 8.38. The van der Waals surface area contributed by atoms with Gasteiger partial charge in [0.2, 0.25) is 5.91 Å². The molecule has 174 valence electrons. The zero-order valence-corrected chi connectivity index (χ0v) is 19.1. The average Bonchev–Trinajstić information content (AvgIpc) is 3.39. The normalized spacial score (nSPS) is 12.8. The Kier molecular flexibility index (Phi) is 7.22. The van der Waals surface area contributed by atoms with Gasteiger partial charge in [-0.25, -0.2) is 0 Å². The van der Waals surface area contributed by atoms with Crippen LogP contribution in [0.3, 0.4) is 0 Å². The fraction of sp³-hybridized carbons (Fsp3) is 0.222. The molecule has 0 unspecified atom stereocenters. The molecule has 3 N–H and O–H groups in total. The SMILES string of the molecule is Cc1cccc(C(=O)Nc2ccc(NC(=O)CNc3cccc(C(=O)N4CCCC4)c3)cc2)c1. The summed E-state index contributed by atoms with van der Waals surface area (Å²) >= 11 is 0. The van der Waals surface area contributed by atoms with Crippen molar-refractivity contribution in [1.29, 1.82) is 0 Å². The molecule has 1 saturated heterocycles. The molecule has 0 aliphatic carbocycles. The highest BCUT2D eigenvalue weighted by Crippen LogP contribution is 2.17. The van der Waals surface area contributed by atoms with Crippen LogP contribution < -0.4 is 16.0 Å². The third kappa shape index (κ3) is 6.01. The number of hydrogen-bond acceptors (Lipinski definition) is 4. The van der Waals surface area contributed by atoms with Crippen molar-refractivity contribution in [1.82, 2.24) is 4.90 Å². The van der Waals surface area contributed by atoms with Crippen LogP contribution in [0.4, 0.5) is 17.1 Å². The van der Waals surface area contributed by atoms with Gasteiger partial charge in [0.1, 0.15) is 0 Å². The number of amides is 3. The van der Waals surface area contributed by atoms with Gasteiger partial charge in [0.25, 0.3) is 11.8 Å². The second kappa shape index (κ2) is 10.7. The molecule has 3 aromatic carbocycles. The minimum Gasteiger partial charge on any atom is -0.376 e. The third-order valence-corrected chi connectivity index (χ3v) is 5.66. The summed E-state index contributed by atoms with van der Waals surface area (Å²) in [6, 6.07) is 21.5. The standard InChI is InChI=1S/C27H28N4O3/c1-19-6-4-7-20(16-19)26(33)30-23-12-10-22(11-13-23)29-25(32)18-28-24-9-5-8-21(17-24)27(34)31-14-2-3-15-31/h4-13,16-17,28H,2-3,14-15,18H2,1H3,(H,29,32)(H,30,33). The molecule has 7 nitrogen and oxygen atoms in total. The summed E-state index contributed by atoms with van der Waals surface area (Å²) in [5, 5.41) is 8.75. The lowest BCUT2D eigenvalue weighted by atomic mass is 10.1. The summed E-state index contributed by atoms with van der Waals surface area (Å²) < 4.78 is 0. The second-order valence-corrected chi connectivity index (χ2v) is 8.38. The Hall–Kier alpha value is -4.13. The van der Waals surface area contributed by atoms with Gasteiger partial charge in [-0.05, 0) is 74.4 Å². The Labute approximate surface area is 199 Å². The largest absolute Gasteiger partial charge is 0.376 e. The minimum absolute atomic E-state index is 0.0279. The quantitative estimate of drug-likeness (QED) is 0.487. The Morgan fingerprint density at radius 1 is 0.765 bits per heavy atom. The molecule has 4 rings (SSSR count). The molecule has 0 aromatic heterocycles. The number of carbonyl (C=O) groups is 3. The minimum atomic E-state index is -0.215. The van der Waals surface area contributed by atoms with E-state index in [0.29, 0.717) is 22.5 Å². The van der Waals surface area contributed by atoms with Gasteiger partial charge in [0.15, 0.2) is 0 Å². The molecule has 0 spiro atoms. The van der Waals surface area contributed by atoms with Crippen molar-refractivity contribution < 1.29 is 14.4 Å². The average molecular weight is 457 g/mol. The maximum Gasteiger partial charge on any atom is 0.255 e. The summed E-state index contributed by atoms with van der Waals surface area (Å²) in [6.07, 6.45) is 2.09. The van der Waals surface area contributed by atoms with E-state index in [1.165, 1.54) is 0 Å². The van der Waals surface area contributed by atoms with E-state index in [2.05, 4.69) is 16.0 Å². The molecule has 1 fully saturated rings. The van der Waals surface area contributed by atoms with Crippen molar-refractivity contribution in [3.8, 4) is 0 Å². The lowest BCUT2D eigenvalue weighted by molar-refractivity contribution is -0.114. The third-order valence-electron chi connectivity index (χ3n) is 5.66. The molecule has 0 radical (unpaired) electrons. The lowest BCUT2D eigenvalue weighted by Gasteiger charge is -2.16. The van der Waals surface area contributed by atoms with Crippen LogP contribution in [0.25, 0.3) is 0 Å². The number of anilines is 3. The van der Waals surface area contributed by atoms with Crippen molar-refractivity contribution in [3.05, 3.63) is 89.5 Å². The van der Waals surface area contributed by atoms with Gasteiger partial charge in [0, 0.05) is 41.3 Å². The molecular formula is C27H28N4O3. The fourth-order valence-corrected chi connectivity index (χ4v) is 3.88. The first-order valence-electron chi connectivity index (χ1n) is 11.4. The van der Waals surface area contributed by atoms with E-state index in [1.54, 1.807) is 42.5 Å². The number of nitrogens with zero attached hydrogens (tertiary/aromatic N) is 1. The smallest absolute Gasteiger partial charge is 0.255 e. The summed E-state index contributed by atoms with van der Waals surface area (Å²) in [5.74, 6) is -0.372. The molecule has 0 saturated carbocycles. The van der Waals surface area contributed by atoms with Crippen LogP contribution >= 0.6 is 0 Å². The van der Waals surface area contributed by atoms with Gasteiger partial charge in [-0.1, -0.05) is 23.8 Å². The molecule has 1 aliphatic heterocycles. The van der Waals surface area contributed by atoms with E-state index < -0.39 is 0 Å². The summed E-state index contributed by atoms with van der Waals surface area (Å²) in [5.41, 5.74) is 4.21. The predicted molar refractivity (Wildman–Crippen MR) is 134 cm³/mol. The summed E-state index contributed by atoms with van der Waals surface area (Å²) in [6.45, 7) is 3.60. The number of aryl methyl sites for hydroxylation is 1. The molecule has 3 amide bonds. The summed E-state index contributed by atoms with van der Waals surface area (Å²) in [7, 11) is 0. The lowest BCUT2D eigenvalue weighted by Crippen LogP contribution is -2.27. The highest BCUT2D eigenvalue weighted by atomic mass is 16.2. The van der Waals surface area contributed by atoms with Crippen LogP contribution in [0.15, 0.2) is 72.8 Å². The Morgan fingerprint density at radius 2 is 1.41 bits per heavy atom. The Morgan fingerprint density at radius 3 is 2.12 bits per heavy atom. The van der Waals surface area contributed by atoms with Gasteiger partial charge >= 0.3 is 0 Å². The molecule has 1 heterocycles. The molecule has 3 aromatic rings. The number of rotatable bonds is 7. The number of likely N-dealkylation sites (tertiary alicyclic amines) is 1. The number of carbonyl (C=O) groups excluding carboxylic acids is 3. The first-order chi connectivity index (χ1) is 16.5. The van der Waals surface area contributed by atoms with Gasteiger partial charge in [-0.2, -0.15) is 0 Å². The van der Waals surface area contributed by atoms with Gasteiger partial charge in [0.05, 0.1) is 6.54 Å². The van der Waals surface area contributed by atoms with Crippen molar-refractivity contribution in [2.45, 2.75) is 19.8 Å². The topological polar surface area (TPSA) is 90.5 Å². The molecule has 0 atom stereocenters. The zero-order chi connectivity index (χ0) is 23.9. The van der Waals surface area contributed by atoms with Crippen molar-refractivity contribution in [2.75, 3.05) is 35.6 Å². The van der Waals surface area contributed by atoms with Crippen LogP contribution in [0, 0.1) is 6.92 Å². The monoisotopic (exact) mass is 456 g/mol. The van der Waals surface area contributed by atoms with Gasteiger partial charge < -0.3 is 20.9 Å². The van der Waals surface area contributed by atoms with Crippen molar-refractivity contribution >= 4 is 34.8 Å². The van der Waals surface area contributed by atoms with Crippen LogP contribution in [0.2, 0.25) is 0 Å². The van der Waals surface area contributed by atoms with E-state index in [-0.39, 0.29) is 24.3 Å². The molecule has 1 aliphatic rings. The number of hydrogen-bond donors (Lipinski definition) is 3. The van der Waals surface area contributed by atoms with E-state index in [1.807, 2.05) is 42.2 Å². The molecule has 7 heteroatoms. The fourth-order valence-electron chi connectivity index (χ4n) is 3.88. The van der Waals surface area contributed by atoms with Crippen LogP contribution in [-0.4, -0.2) is 42.3 Å². The van der Waals surface area contributed by atoms with Gasteiger partial charge in [-0.3, -0.25) is 14.4 Å². The van der Waals surface area contributed by atoms with Crippen LogP contribution in [-0.2, 0) is 4.79 Å². The van der Waals surface area contributed by atoms with E-state index in [0.717, 1.165) is 37.2 Å². The first-order valence-corrected chi connectivity index (χ1v) is 11.4. The van der Waals surface area contributed by atoms with Crippen molar-refractivity contribution in [2.24, 2.45) is 0 Å². The van der Waals surface area contributed by atoms with Crippen LogP contribution in [0.5, 0.6) is 0 Å². The first kappa shape index (κ1) is 23.0. The van der Waals surface area contributed by atoms with Crippen molar-refractivity contribution in [3.63, 3.8) is 0 Å². The van der Waals surface area contributed by atoms with E-state index >= 15 is 0 Å². The maximum absolute atomic E-state index is 12.6. The van der Waals surface area contributed by atoms with E-state index in [9.17, 15) is 14.4 Å². The number of benzene rings is 3.